The number of morpholine rings is 2. The van der Waals surface area contributed by atoms with E-state index in [0.29, 0.717) is 0 Å². The van der Waals surface area contributed by atoms with Crippen LogP contribution in [0.15, 0.2) is 36.7 Å². The van der Waals surface area contributed by atoms with Gasteiger partial charge in [-0.25, -0.2) is 4.98 Å². The molecule has 2 saturated heterocycles. The molecule has 3 aromatic rings. The zero-order chi connectivity index (χ0) is 21.5. The number of nitrogens with zero attached hydrogens (tertiary/aromatic N) is 6. The first-order valence-electron chi connectivity index (χ1n) is 11.1. The molecule has 0 aliphatic carbocycles. The van der Waals surface area contributed by atoms with Gasteiger partial charge in [0.25, 0.3) is 0 Å². The minimum Gasteiger partial charge on any atom is -0.372 e. The lowest BCUT2D eigenvalue weighted by Crippen LogP contribution is -2.47. The summed E-state index contributed by atoms with van der Waals surface area (Å²) in [5, 5.41) is 0. The maximum absolute atomic E-state index is 5.95. The van der Waals surface area contributed by atoms with Crippen molar-refractivity contribution in [3.63, 3.8) is 0 Å². The number of para-hydroxylation sites is 2. The van der Waals surface area contributed by atoms with E-state index in [4.69, 9.17) is 19.4 Å². The minimum absolute atomic E-state index is 0.136. The SMILES string of the molecule is C[C@@H]1CN(c2cc(-n3cnc4ccccc43)nc(N3C[C@@H](C)O[C@@H](C)C3)n2)C[C@H](C)O1. The lowest BCUT2D eigenvalue weighted by Gasteiger charge is -2.38. The van der Waals surface area contributed by atoms with Crippen LogP contribution in [0.3, 0.4) is 0 Å². The number of aromatic nitrogens is 4. The summed E-state index contributed by atoms with van der Waals surface area (Å²) in [6.07, 6.45) is 2.43. The lowest BCUT2D eigenvalue weighted by atomic mass is 10.2. The van der Waals surface area contributed by atoms with Crippen molar-refractivity contribution in [2.45, 2.75) is 52.1 Å². The molecule has 0 spiro atoms. The molecule has 8 nitrogen and oxygen atoms in total. The van der Waals surface area contributed by atoms with E-state index >= 15 is 0 Å². The molecular formula is C23H30N6O2. The summed E-state index contributed by atoms with van der Waals surface area (Å²) in [6.45, 7) is 11.6. The number of hydrogen-bond donors (Lipinski definition) is 0. The number of imidazole rings is 1. The third-order valence-corrected chi connectivity index (χ3v) is 5.83. The fourth-order valence-corrected chi connectivity index (χ4v) is 4.68. The maximum Gasteiger partial charge on any atom is 0.229 e. The average Bonchev–Trinajstić information content (AvgIpc) is 3.16. The monoisotopic (exact) mass is 422 g/mol. The second-order valence-electron chi connectivity index (χ2n) is 8.81. The van der Waals surface area contributed by atoms with E-state index in [-0.39, 0.29) is 24.4 Å². The van der Waals surface area contributed by atoms with Crippen LogP contribution in [0.2, 0.25) is 0 Å². The Morgan fingerprint density at radius 2 is 1.35 bits per heavy atom. The summed E-state index contributed by atoms with van der Waals surface area (Å²) in [5.41, 5.74) is 1.98. The molecule has 2 aromatic heterocycles. The average molecular weight is 423 g/mol. The zero-order valence-electron chi connectivity index (χ0n) is 18.6. The number of anilines is 2. The van der Waals surface area contributed by atoms with E-state index in [2.05, 4.69) is 54.6 Å². The van der Waals surface area contributed by atoms with Crippen LogP contribution >= 0.6 is 0 Å². The molecule has 1 aromatic carbocycles. The molecule has 0 unspecified atom stereocenters. The van der Waals surface area contributed by atoms with Gasteiger partial charge >= 0.3 is 0 Å². The number of benzene rings is 1. The quantitative estimate of drug-likeness (QED) is 0.643. The molecule has 4 heterocycles. The molecule has 0 amide bonds. The van der Waals surface area contributed by atoms with Crippen LogP contribution < -0.4 is 9.80 Å². The Morgan fingerprint density at radius 3 is 2.03 bits per heavy atom. The fourth-order valence-electron chi connectivity index (χ4n) is 4.68. The first kappa shape index (κ1) is 20.2. The van der Waals surface area contributed by atoms with Gasteiger partial charge in [-0.05, 0) is 39.8 Å². The Kier molecular flexibility index (Phi) is 5.27. The predicted octanol–water partition coefficient (Wildman–Crippen LogP) is 3.04. The summed E-state index contributed by atoms with van der Waals surface area (Å²) in [7, 11) is 0. The molecule has 31 heavy (non-hydrogen) atoms. The minimum atomic E-state index is 0.136. The van der Waals surface area contributed by atoms with Crippen LogP contribution in [-0.2, 0) is 9.47 Å². The number of ether oxygens (including phenoxy) is 2. The second-order valence-corrected chi connectivity index (χ2v) is 8.81. The Balaban J connectivity index is 1.60. The smallest absolute Gasteiger partial charge is 0.229 e. The zero-order valence-corrected chi connectivity index (χ0v) is 18.6. The third kappa shape index (κ3) is 4.09. The molecule has 0 saturated carbocycles. The van der Waals surface area contributed by atoms with Crippen LogP contribution in [0.25, 0.3) is 16.9 Å². The van der Waals surface area contributed by atoms with Crippen LogP contribution in [0.4, 0.5) is 11.8 Å². The van der Waals surface area contributed by atoms with Gasteiger partial charge in [0.1, 0.15) is 18.0 Å². The number of fused-ring (bicyclic) bond motifs is 1. The van der Waals surface area contributed by atoms with Crippen molar-refractivity contribution in [1.82, 2.24) is 19.5 Å². The van der Waals surface area contributed by atoms with Gasteiger partial charge in [0.05, 0.1) is 35.4 Å². The summed E-state index contributed by atoms with van der Waals surface area (Å²) in [5.74, 6) is 2.48. The maximum atomic E-state index is 5.95. The summed E-state index contributed by atoms with van der Waals surface area (Å²) >= 11 is 0. The van der Waals surface area contributed by atoms with Crippen LogP contribution in [0.5, 0.6) is 0 Å². The van der Waals surface area contributed by atoms with Crippen molar-refractivity contribution in [3.05, 3.63) is 36.7 Å². The largest absolute Gasteiger partial charge is 0.372 e. The molecule has 0 N–H and O–H groups in total. The highest BCUT2D eigenvalue weighted by atomic mass is 16.5. The highest BCUT2D eigenvalue weighted by molar-refractivity contribution is 5.77. The van der Waals surface area contributed by atoms with Crippen molar-refractivity contribution in [3.8, 4) is 5.82 Å². The Morgan fingerprint density at radius 1 is 0.774 bits per heavy atom. The number of rotatable bonds is 3. The van der Waals surface area contributed by atoms with E-state index < -0.39 is 0 Å². The third-order valence-electron chi connectivity index (χ3n) is 5.83. The molecule has 2 aliphatic rings. The van der Waals surface area contributed by atoms with E-state index in [1.807, 2.05) is 29.1 Å². The van der Waals surface area contributed by atoms with E-state index in [1.165, 1.54) is 0 Å². The molecule has 8 heteroatoms. The van der Waals surface area contributed by atoms with Crippen LogP contribution in [-0.4, -0.2) is 70.1 Å². The summed E-state index contributed by atoms with van der Waals surface area (Å²) < 4.78 is 13.9. The lowest BCUT2D eigenvalue weighted by molar-refractivity contribution is -0.00601. The molecule has 164 valence electrons. The normalized spacial score (nSPS) is 27.1. The van der Waals surface area contributed by atoms with Crippen molar-refractivity contribution < 1.29 is 9.47 Å². The van der Waals surface area contributed by atoms with Crippen molar-refractivity contribution in [2.24, 2.45) is 0 Å². The topological polar surface area (TPSA) is 68.5 Å². The number of hydrogen-bond acceptors (Lipinski definition) is 7. The Labute approximate surface area is 182 Å². The molecule has 2 aliphatic heterocycles. The van der Waals surface area contributed by atoms with Gasteiger partial charge < -0.3 is 19.3 Å². The Bertz CT molecular complexity index is 1000. The van der Waals surface area contributed by atoms with Crippen LogP contribution in [0.1, 0.15) is 27.7 Å². The summed E-state index contributed by atoms with van der Waals surface area (Å²) in [4.78, 5) is 19.1. The molecule has 5 rings (SSSR count). The molecule has 2 fully saturated rings. The van der Waals surface area contributed by atoms with E-state index in [0.717, 1.165) is 54.8 Å². The fraction of sp³-hybridized carbons (Fsp3) is 0.522. The molecule has 0 radical (unpaired) electrons. The Hall–Kier alpha value is -2.71. The van der Waals surface area contributed by atoms with Gasteiger partial charge in [0.2, 0.25) is 5.95 Å². The van der Waals surface area contributed by atoms with Crippen molar-refractivity contribution >= 4 is 22.8 Å². The van der Waals surface area contributed by atoms with Gasteiger partial charge in [-0.2, -0.15) is 9.97 Å². The highest BCUT2D eigenvalue weighted by Gasteiger charge is 2.28. The molecular weight excluding hydrogens is 392 g/mol. The van der Waals surface area contributed by atoms with Crippen molar-refractivity contribution in [1.29, 1.82) is 0 Å². The molecule has 0 bridgehead atoms. The molecule has 4 atom stereocenters. The first-order chi connectivity index (χ1) is 15.0. The van der Waals surface area contributed by atoms with Gasteiger partial charge in [-0.15, -0.1) is 0 Å². The highest BCUT2D eigenvalue weighted by Crippen LogP contribution is 2.27. The van der Waals surface area contributed by atoms with Gasteiger partial charge in [-0.3, -0.25) is 4.57 Å². The predicted molar refractivity (Wildman–Crippen MR) is 121 cm³/mol. The summed E-state index contributed by atoms with van der Waals surface area (Å²) in [6, 6.07) is 10.2. The van der Waals surface area contributed by atoms with Gasteiger partial charge in [0.15, 0.2) is 0 Å². The van der Waals surface area contributed by atoms with E-state index in [9.17, 15) is 0 Å². The standard InChI is InChI=1S/C23H30N6O2/c1-15-10-27(11-16(2)30-15)21-9-22(29-14-24-19-7-5-6-8-20(19)29)26-23(25-21)28-12-17(3)31-18(4)13-28/h5-9,14-18H,10-13H2,1-4H3/t15-,16+,17-,18+. The van der Waals surface area contributed by atoms with Crippen LogP contribution in [0, 0.1) is 0 Å². The van der Waals surface area contributed by atoms with Crippen molar-refractivity contribution in [2.75, 3.05) is 36.0 Å². The van der Waals surface area contributed by atoms with Gasteiger partial charge in [-0.1, -0.05) is 12.1 Å². The van der Waals surface area contributed by atoms with E-state index in [1.54, 1.807) is 0 Å². The second kappa shape index (κ2) is 8.09. The first-order valence-corrected chi connectivity index (χ1v) is 11.1. The van der Waals surface area contributed by atoms with Gasteiger partial charge in [0, 0.05) is 32.2 Å².